The predicted molar refractivity (Wildman–Crippen MR) is 372 cm³/mol. The van der Waals surface area contributed by atoms with E-state index in [0.29, 0.717) is 109 Å². The molecule has 5 fully saturated rings. The molecule has 2 aromatic rings. The van der Waals surface area contributed by atoms with Crippen LogP contribution in [0.25, 0.3) is 0 Å². The zero-order chi connectivity index (χ0) is 72.2. The summed E-state index contributed by atoms with van der Waals surface area (Å²) in [6, 6.07) is -2.25. The van der Waals surface area contributed by atoms with Gasteiger partial charge in [-0.25, -0.2) is 29.5 Å². The lowest BCUT2D eigenvalue weighted by Crippen LogP contribution is -2.61. The van der Waals surface area contributed by atoms with Crippen LogP contribution in [-0.4, -0.2) is 245 Å². The number of aliphatic hydroxyl groups excluding tert-OH is 2. The topological polar surface area (TPSA) is 341 Å². The van der Waals surface area contributed by atoms with Gasteiger partial charge in [-0.15, -0.1) is 0 Å². The first-order valence-electron chi connectivity index (χ1n) is 35.9. The molecule has 2 bridgehead atoms. The second kappa shape index (κ2) is 37.8. The van der Waals surface area contributed by atoms with Gasteiger partial charge in [-0.05, 0) is 114 Å². The van der Waals surface area contributed by atoms with Crippen LogP contribution >= 0.6 is 0 Å². The number of nitrogens with zero attached hydrogens (tertiary/aromatic N) is 9. The van der Waals surface area contributed by atoms with Gasteiger partial charge in [0.25, 0.3) is 11.7 Å². The van der Waals surface area contributed by atoms with Crippen molar-refractivity contribution in [3.63, 3.8) is 0 Å². The van der Waals surface area contributed by atoms with E-state index in [1.54, 1.807) is 40.3 Å². The number of ketones is 3. The van der Waals surface area contributed by atoms with Crippen molar-refractivity contribution in [2.45, 2.75) is 199 Å². The molecule has 5 aliphatic heterocycles. The molecule has 552 valence electrons. The van der Waals surface area contributed by atoms with Gasteiger partial charge in [-0.1, -0.05) is 64.2 Å². The van der Waals surface area contributed by atoms with Gasteiger partial charge in [-0.3, -0.25) is 28.9 Å². The fraction of sp³-hybridized carbons (Fsp3) is 0.685. The number of carbonyl (C=O) groups is 7. The number of hydrogen-bond acceptors (Lipinski definition) is 24. The number of esters is 1. The number of Topliss-reactive ketones (excluding diaryl/α,β-unsaturated/α-hetero) is 3. The summed E-state index contributed by atoms with van der Waals surface area (Å²) in [5.41, 5.74) is 9.72. The highest BCUT2D eigenvalue weighted by molar-refractivity contribution is 6.39. The number of methoxy groups -OCH3 is 2. The highest BCUT2D eigenvalue weighted by Gasteiger charge is 2.53. The van der Waals surface area contributed by atoms with Crippen molar-refractivity contribution in [1.29, 1.82) is 0 Å². The summed E-state index contributed by atoms with van der Waals surface area (Å²) >= 11 is 0. The number of fused-ring (bicyclic) bond motifs is 3. The Kier molecular flexibility index (Phi) is 29.8. The van der Waals surface area contributed by atoms with Gasteiger partial charge in [-0.2, -0.15) is 0 Å². The van der Waals surface area contributed by atoms with E-state index < -0.39 is 120 Å². The standard InChI is InChI=1S/C73H109N11O16/c1-46-15-11-10-12-16-48(3)60(95-8)39-55-20-18-52(7)73(94,100-55)67(90)68(91)84-23-14-13-17-57(84)69(92)98-61(40-58(85)49(4)36-51(6)65(88)66(89)64(87)50(5)35-46)56(74)37-53-19-21-59(62(38-53)96-9)99-72(93)79-45-54-43-77-71(78-44-54)83-30-28-81(29-31-83)63(86)22-33-97-34-32-80-24-26-82(27-25-80)70-75-41-47(2)42-76-70/h10-12,15-16,36,41-44,46,49-50,52-53,55-57,59-62,65-66,88-89,94H,13-14,17-35,37-40,45,74H2,1-9H3,(H,79,93)/b12-10+,15-11+,48-16+,51-36+/t46-,49?,50-,52-,53+,55+,56-,57+,59-,60?,61+,62-,65-,66+,73-/m1/s1. The maximum atomic E-state index is 14.7. The summed E-state index contributed by atoms with van der Waals surface area (Å²) in [5, 5.41) is 37.4. The van der Waals surface area contributed by atoms with Crippen molar-refractivity contribution in [1.82, 2.24) is 40.0 Å². The second-order valence-corrected chi connectivity index (χ2v) is 28.3. The van der Waals surface area contributed by atoms with Crippen LogP contribution < -0.4 is 20.9 Å². The zero-order valence-electron chi connectivity index (χ0n) is 60.0. The van der Waals surface area contributed by atoms with Crippen molar-refractivity contribution in [3.8, 4) is 0 Å². The van der Waals surface area contributed by atoms with E-state index in [0.717, 1.165) is 54.7 Å². The SMILES string of the molecule is COC1C[C@@H]2CC[C@@H](C)[C@@](O)(O2)C(=O)C(=O)N2CCCC[C@H]2C(=O)O[C@H]([C@H](N)C[C@@H]2CC[C@@H](OC(=O)NCc3cnc(N4CCN(C(=O)CCOCCN5CCN(c6ncc(C)cn6)CC5)CC4)nc3)[C@H](OC)C2)CC(=O)C(C)/C=C(\C)[C@@H](O)[C@@H](O)C(=O)[C@H](C)C[C@H](C)/C=C/C=C/C=C/1C. The van der Waals surface area contributed by atoms with Crippen LogP contribution in [0.5, 0.6) is 0 Å². The van der Waals surface area contributed by atoms with E-state index in [1.165, 1.54) is 20.1 Å². The van der Waals surface area contributed by atoms with Crippen LogP contribution in [0.15, 0.2) is 72.4 Å². The molecular weight excluding hydrogens is 1290 g/mol. The number of aromatic nitrogens is 4. The molecule has 27 heteroatoms. The minimum atomic E-state index is -2.51. The molecule has 100 heavy (non-hydrogen) atoms. The molecule has 2 aromatic heterocycles. The molecule has 3 amide bonds. The van der Waals surface area contributed by atoms with Crippen LogP contribution in [0, 0.1) is 36.5 Å². The number of anilines is 2. The van der Waals surface area contributed by atoms with Gasteiger partial charge in [0.2, 0.25) is 23.6 Å². The molecule has 6 aliphatic rings. The molecule has 2 unspecified atom stereocenters. The number of aryl methyl sites for hydroxylation is 1. The molecule has 0 aromatic carbocycles. The Morgan fingerprint density at radius 1 is 0.750 bits per heavy atom. The quantitative estimate of drug-likeness (QED) is 0.0644. The number of alkyl carbamates (subject to hydrolysis) is 1. The summed E-state index contributed by atoms with van der Waals surface area (Å²) in [5.74, 6) is -7.96. The number of carbonyl (C=O) groups excluding carboxylic acids is 7. The summed E-state index contributed by atoms with van der Waals surface area (Å²) < 4.78 is 36.0. The van der Waals surface area contributed by atoms with E-state index >= 15 is 0 Å². The average molecular weight is 1400 g/mol. The Morgan fingerprint density at radius 3 is 2.11 bits per heavy atom. The smallest absolute Gasteiger partial charge is 0.407 e. The number of rotatable bonds is 16. The monoisotopic (exact) mass is 1400 g/mol. The molecule has 7 heterocycles. The molecule has 15 atom stereocenters. The number of hydrogen-bond donors (Lipinski definition) is 5. The van der Waals surface area contributed by atoms with Crippen LogP contribution in [0.4, 0.5) is 16.7 Å². The van der Waals surface area contributed by atoms with Crippen LogP contribution in [0.2, 0.25) is 0 Å². The number of nitrogens with one attached hydrogen (secondary N) is 1. The largest absolute Gasteiger partial charge is 0.459 e. The van der Waals surface area contributed by atoms with Crippen LogP contribution in [0.3, 0.4) is 0 Å². The van der Waals surface area contributed by atoms with Crippen molar-refractivity contribution < 1.29 is 77.3 Å². The highest BCUT2D eigenvalue weighted by Crippen LogP contribution is 2.38. The number of ether oxygens (including phenoxy) is 6. The maximum Gasteiger partial charge on any atom is 0.407 e. The lowest BCUT2D eigenvalue weighted by molar-refractivity contribution is -0.265. The zero-order valence-corrected chi connectivity index (χ0v) is 60.0. The number of amides is 3. The molecule has 4 saturated heterocycles. The van der Waals surface area contributed by atoms with Crippen LogP contribution in [0.1, 0.15) is 136 Å². The highest BCUT2D eigenvalue weighted by atomic mass is 16.6. The van der Waals surface area contributed by atoms with Gasteiger partial charge in [0.15, 0.2) is 5.78 Å². The maximum absolute atomic E-state index is 14.7. The Balaban J connectivity index is 0.843. The third-order valence-corrected chi connectivity index (χ3v) is 20.7. The Morgan fingerprint density at radius 2 is 1.43 bits per heavy atom. The first kappa shape index (κ1) is 78.8. The summed E-state index contributed by atoms with van der Waals surface area (Å²) in [7, 11) is 3.07. The Bertz CT molecular complexity index is 3170. The van der Waals surface area contributed by atoms with Gasteiger partial charge in [0.1, 0.15) is 36.2 Å². The van der Waals surface area contributed by atoms with Crippen molar-refractivity contribution in [2.24, 2.45) is 35.3 Å². The van der Waals surface area contributed by atoms with E-state index in [2.05, 4.69) is 35.1 Å². The van der Waals surface area contributed by atoms with Crippen molar-refractivity contribution >= 4 is 53.1 Å². The summed E-state index contributed by atoms with van der Waals surface area (Å²) in [6.07, 6.45) is 14.0. The number of allylic oxidation sites excluding steroid dienone is 6. The number of cyclic esters (lactones) is 1. The van der Waals surface area contributed by atoms with Gasteiger partial charge < -0.3 is 74.4 Å². The molecule has 6 N–H and O–H groups in total. The number of nitrogens with two attached hydrogens (primary N) is 1. The predicted octanol–water partition coefficient (Wildman–Crippen LogP) is 4.92. The molecule has 8 rings (SSSR count). The van der Waals surface area contributed by atoms with E-state index in [-0.39, 0.29) is 55.7 Å². The lowest BCUT2D eigenvalue weighted by atomic mass is 9.80. The first-order valence-corrected chi connectivity index (χ1v) is 35.9. The second-order valence-electron chi connectivity index (χ2n) is 28.3. The summed E-state index contributed by atoms with van der Waals surface area (Å²) in [4.78, 5) is 125. The Hall–Kier alpha value is -6.95. The minimum absolute atomic E-state index is 0.00137. The molecule has 0 spiro atoms. The van der Waals surface area contributed by atoms with Gasteiger partial charge in [0, 0.05) is 153 Å². The van der Waals surface area contributed by atoms with E-state index in [9.17, 15) is 48.9 Å². The third-order valence-electron chi connectivity index (χ3n) is 20.7. The molecular formula is C73H109N11O16. The van der Waals surface area contributed by atoms with Crippen LogP contribution in [-0.2, 0) is 63.7 Å². The fourth-order valence-corrected chi connectivity index (χ4v) is 14.2. The number of piperidine rings is 1. The van der Waals surface area contributed by atoms with E-state index in [1.807, 2.05) is 73.3 Å². The summed E-state index contributed by atoms with van der Waals surface area (Å²) in [6.45, 7) is 19.7. The molecule has 1 aliphatic carbocycles. The Labute approximate surface area is 588 Å². The average Bonchev–Trinajstić information content (AvgIpc) is 0.773. The normalized spacial score (nSPS) is 32.3. The number of aliphatic hydroxyl groups is 3. The fourth-order valence-electron chi connectivity index (χ4n) is 14.2. The van der Waals surface area contributed by atoms with E-state index in [4.69, 9.17) is 34.2 Å². The van der Waals surface area contributed by atoms with Crippen molar-refractivity contribution in [3.05, 3.63) is 83.5 Å². The lowest BCUT2D eigenvalue weighted by Gasteiger charge is -2.42. The number of piperazine rings is 2. The van der Waals surface area contributed by atoms with Gasteiger partial charge >= 0.3 is 12.1 Å². The van der Waals surface area contributed by atoms with Gasteiger partial charge in [0.05, 0.1) is 37.9 Å². The minimum Gasteiger partial charge on any atom is -0.459 e. The molecule has 0 radical (unpaired) electrons. The molecule has 27 nitrogen and oxygen atoms in total. The molecule has 1 saturated carbocycles. The van der Waals surface area contributed by atoms with Crippen molar-refractivity contribution in [2.75, 3.05) is 103 Å². The third kappa shape index (κ3) is 21.8. The first-order chi connectivity index (χ1) is 47.8.